The van der Waals surface area contributed by atoms with Crippen LogP contribution in [0.3, 0.4) is 0 Å². The van der Waals surface area contributed by atoms with Crippen LogP contribution in [0.1, 0.15) is 37.7 Å². The molecule has 0 saturated carbocycles. The third-order valence-electron chi connectivity index (χ3n) is 7.27. The number of fused-ring (bicyclic) bond motifs is 2. The highest BCUT2D eigenvalue weighted by molar-refractivity contribution is 7.09. The molecule has 5 nitrogen and oxygen atoms in total. The van der Waals surface area contributed by atoms with Crippen molar-refractivity contribution < 1.29 is 9.18 Å². The van der Waals surface area contributed by atoms with Crippen molar-refractivity contribution in [2.45, 2.75) is 32.5 Å². The largest absolute Gasteiger partial charge is 0.361 e. The molecular weight excluding hydrogens is 495 g/mol. The van der Waals surface area contributed by atoms with Crippen molar-refractivity contribution in [2.75, 3.05) is 13.1 Å². The van der Waals surface area contributed by atoms with Gasteiger partial charge in [-0.25, -0.2) is 9.37 Å². The number of hydrogen-bond donors (Lipinski definition) is 1. The number of amides is 1. The number of aromatic amines is 1. The summed E-state index contributed by atoms with van der Waals surface area (Å²) in [5.74, 6) is -0.230. The molecule has 0 radical (unpaired) electrons. The zero-order valence-electron chi connectivity index (χ0n) is 21.1. The quantitative estimate of drug-likeness (QED) is 0.263. The highest BCUT2D eigenvalue weighted by Crippen LogP contribution is 2.23. The first-order valence-corrected chi connectivity index (χ1v) is 13.8. The zero-order chi connectivity index (χ0) is 25.9. The van der Waals surface area contributed by atoms with E-state index in [1.54, 1.807) is 6.07 Å². The molecule has 0 aliphatic carbocycles. The van der Waals surface area contributed by atoms with Crippen molar-refractivity contribution in [3.63, 3.8) is 0 Å². The maximum atomic E-state index is 14.5. The molecule has 7 heteroatoms. The van der Waals surface area contributed by atoms with E-state index in [1.165, 1.54) is 39.5 Å². The smallest absolute Gasteiger partial charge is 0.273 e. The number of nitrogens with one attached hydrogen (secondary N) is 1. The van der Waals surface area contributed by atoms with Crippen LogP contribution >= 0.6 is 11.3 Å². The average molecular weight is 525 g/mol. The van der Waals surface area contributed by atoms with Crippen molar-refractivity contribution in [1.82, 2.24) is 19.8 Å². The third-order valence-corrected chi connectivity index (χ3v) is 8.11. The number of para-hydroxylation sites is 1. The van der Waals surface area contributed by atoms with E-state index < -0.39 is 0 Å². The Morgan fingerprint density at radius 1 is 0.974 bits per heavy atom. The number of carbonyl (C=O) groups excluding carboxylic acids is 1. The summed E-state index contributed by atoms with van der Waals surface area (Å²) in [6.07, 6.45) is 3.74. The summed E-state index contributed by atoms with van der Waals surface area (Å²) in [6.45, 7) is 3.08. The molecule has 0 fully saturated rings. The lowest BCUT2D eigenvalue weighted by Gasteiger charge is -2.28. The molecule has 1 N–H and O–H groups in total. The van der Waals surface area contributed by atoms with E-state index in [0.717, 1.165) is 29.9 Å². The second-order valence-corrected chi connectivity index (χ2v) is 10.7. The van der Waals surface area contributed by atoms with E-state index in [4.69, 9.17) is 4.98 Å². The van der Waals surface area contributed by atoms with Gasteiger partial charge in [-0.05, 0) is 41.7 Å². The summed E-state index contributed by atoms with van der Waals surface area (Å²) in [5, 5.41) is 3.93. The number of carbonyl (C=O) groups is 1. The van der Waals surface area contributed by atoms with Crippen LogP contribution in [0.5, 0.6) is 0 Å². The van der Waals surface area contributed by atoms with Gasteiger partial charge in [-0.3, -0.25) is 9.69 Å². The van der Waals surface area contributed by atoms with Gasteiger partial charge in [-0.15, -0.1) is 11.3 Å². The Morgan fingerprint density at radius 2 is 1.76 bits per heavy atom. The number of H-pyrrole nitrogens is 1. The van der Waals surface area contributed by atoms with Gasteiger partial charge < -0.3 is 9.88 Å². The predicted molar refractivity (Wildman–Crippen MR) is 150 cm³/mol. The molecule has 3 heterocycles. The third kappa shape index (κ3) is 5.26. The molecule has 0 bridgehead atoms. The first-order valence-electron chi connectivity index (χ1n) is 13.0. The maximum Gasteiger partial charge on any atom is 0.273 e. The van der Waals surface area contributed by atoms with Crippen LogP contribution in [0.25, 0.3) is 10.9 Å². The molecule has 192 valence electrons. The fraction of sp³-hybridized carbons (Fsp3) is 0.226. The summed E-state index contributed by atoms with van der Waals surface area (Å²) < 4.78 is 14.5. The summed E-state index contributed by atoms with van der Waals surface area (Å²) in [7, 11) is 0. The monoisotopic (exact) mass is 524 g/mol. The van der Waals surface area contributed by atoms with Crippen LogP contribution in [0.15, 0.2) is 84.4 Å². The van der Waals surface area contributed by atoms with E-state index in [1.807, 2.05) is 40.6 Å². The molecule has 0 saturated heterocycles. The molecule has 0 unspecified atom stereocenters. The summed E-state index contributed by atoms with van der Waals surface area (Å²) in [6, 6.07) is 23.5. The van der Waals surface area contributed by atoms with Gasteiger partial charge in [0.15, 0.2) is 0 Å². The van der Waals surface area contributed by atoms with E-state index in [-0.39, 0.29) is 11.7 Å². The van der Waals surface area contributed by atoms with Crippen molar-refractivity contribution in [2.24, 2.45) is 0 Å². The minimum Gasteiger partial charge on any atom is -0.361 e. The second kappa shape index (κ2) is 10.9. The molecule has 1 amide bonds. The number of aromatic nitrogens is 2. The first kappa shape index (κ1) is 24.5. The number of rotatable bonds is 8. The summed E-state index contributed by atoms with van der Waals surface area (Å²) >= 11 is 1.50. The molecule has 0 spiro atoms. The van der Waals surface area contributed by atoms with Crippen LogP contribution in [0, 0.1) is 5.82 Å². The van der Waals surface area contributed by atoms with E-state index >= 15 is 0 Å². The fourth-order valence-electron chi connectivity index (χ4n) is 5.20. The Bertz CT molecular complexity index is 1570. The van der Waals surface area contributed by atoms with E-state index in [9.17, 15) is 9.18 Å². The van der Waals surface area contributed by atoms with Gasteiger partial charge in [-0.2, -0.15) is 0 Å². The number of halogens is 1. The maximum absolute atomic E-state index is 14.5. The zero-order valence-corrected chi connectivity index (χ0v) is 21.9. The van der Waals surface area contributed by atoms with Gasteiger partial charge in [0, 0.05) is 54.2 Å². The van der Waals surface area contributed by atoms with Gasteiger partial charge in [0.25, 0.3) is 5.91 Å². The fourth-order valence-corrected chi connectivity index (χ4v) is 6.01. The van der Waals surface area contributed by atoms with Crippen molar-refractivity contribution >= 4 is 28.1 Å². The minimum atomic E-state index is -0.204. The van der Waals surface area contributed by atoms with Gasteiger partial charge in [-0.1, -0.05) is 60.7 Å². The van der Waals surface area contributed by atoms with Gasteiger partial charge in [0.05, 0.1) is 6.54 Å². The second-order valence-electron chi connectivity index (χ2n) is 9.78. The Kier molecular flexibility index (Phi) is 7.03. The molecule has 0 atom stereocenters. The Morgan fingerprint density at radius 3 is 2.66 bits per heavy atom. The van der Waals surface area contributed by atoms with Gasteiger partial charge in [0.2, 0.25) is 0 Å². The van der Waals surface area contributed by atoms with Crippen LogP contribution in [-0.2, 0) is 32.5 Å². The molecule has 38 heavy (non-hydrogen) atoms. The van der Waals surface area contributed by atoms with Crippen molar-refractivity contribution in [3.05, 3.63) is 123 Å². The van der Waals surface area contributed by atoms with E-state index in [2.05, 4.69) is 46.4 Å². The van der Waals surface area contributed by atoms with Crippen molar-refractivity contribution in [3.8, 4) is 0 Å². The minimum absolute atomic E-state index is 0.0264. The molecule has 5 aromatic rings. The standard InChI is InChI=1S/C31H29FN4OS/c32-27-11-5-3-9-25(27)18-35(15-13-23-17-33-28-12-6-4-10-26(23)28)20-30-34-29(21-38-30)31(37)36-16-14-22-7-1-2-8-24(22)19-36/h1-12,17,21,33H,13-16,18-20H2. The molecular formula is C31H29FN4OS. The Hall–Kier alpha value is -3.81. The van der Waals surface area contributed by atoms with E-state index in [0.29, 0.717) is 37.4 Å². The van der Waals surface area contributed by atoms with Gasteiger partial charge in [0.1, 0.15) is 16.5 Å². The molecule has 6 rings (SSSR count). The summed E-state index contributed by atoms with van der Waals surface area (Å²) in [4.78, 5) is 25.4. The average Bonchev–Trinajstić information content (AvgIpc) is 3.59. The molecule has 1 aliphatic heterocycles. The van der Waals surface area contributed by atoms with Crippen LogP contribution in [-0.4, -0.2) is 38.8 Å². The molecule has 1 aliphatic rings. The topological polar surface area (TPSA) is 52.2 Å². The van der Waals surface area contributed by atoms with Crippen LogP contribution in [0.2, 0.25) is 0 Å². The SMILES string of the molecule is O=C(c1csc(CN(CCc2c[nH]c3ccccc23)Cc2ccccc2F)n1)N1CCc2ccccc2C1. The number of nitrogens with zero attached hydrogens (tertiary/aromatic N) is 3. The van der Waals surface area contributed by atoms with Crippen LogP contribution in [0.4, 0.5) is 4.39 Å². The lowest BCUT2D eigenvalue weighted by atomic mass is 10.00. The number of thiazole rings is 1. The Balaban J connectivity index is 1.17. The van der Waals surface area contributed by atoms with Crippen LogP contribution < -0.4 is 0 Å². The number of hydrogen-bond acceptors (Lipinski definition) is 4. The lowest BCUT2D eigenvalue weighted by molar-refractivity contribution is 0.0729. The lowest BCUT2D eigenvalue weighted by Crippen LogP contribution is -2.36. The Labute approximate surface area is 225 Å². The highest BCUT2D eigenvalue weighted by atomic mass is 32.1. The first-order chi connectivity index (χ1) is 18.6. The van der Waals surface area contributed by atoms with Crippen molar-refractivity contribution in [1.29, 1.82) is 0 Å². The normalized spacial score (nSPS) is 13.3. The molecule has 3 aromatic carbocycles. The highest BCUT2D eigenvalue weighted by Gasteiger charge is 2.24. The predicted octanol–water partition coefficient (Wildman–Crippen LogP) is 6.21. The number of benzene rings is 3. The summed E-state index contributed by atoms with van der Waals surface area (Å²) in [5.41, 5.74) is 6.02. The van der Waals surface area contributed by atoms with Gasteiger partial charge >= 0.3 is 0 Å². The molecule has 2 aromatic heterocycles.